The van der Waals surface area contributed by atoms with E-state index in [0.717, 1.165) is 0 Å². The first kappa shape index (κ1) is 29.4. The van der Waals surface area contributed by atoms with Gasteiger partial charge in [-0.05, 0) is 32.7 Å². The lowest BCUT2D eigenvalue weighted by Gasteiger charge is -2.53. The predicted molar refractivity (Wildman–Crippen MR) is 126 cm³/mol. The molecular formula is C22H43N5O10. The summed E-state index contributed by atoms with van der Waals surface area (Å²) in [6, 6.07) is -3.11. The first-order valence-corrected chi connectivity index (χ1v) is 12.8. The molecule has 1 spiro atoms. The fraction of sp³-hybridized carbons (Fsp3) is 1.00. The quantitative estimate of drug-likeness (QED) is 0.151. The lowest BCUT2D eigenvalue weighted by Crippen LogP contribution is -2.71. The van der Waals surface area contributed by atoms with E-state index < -0.39 is 91.9 Å². The number of aliphatic hydroxyl groups is 5. The summed E-state index contributed by atoms with van der Waals surface area (Å²) in [6.45, 7) is -0.597. The molecule has 14 N–H and O–H groups in total. The van der Waals surface area contributed by atoms with E-state index in [1.54, 1.807) is 7.05 Å². The average Bonchev–Trinajstić information content (AvgIpc) is 2.86. The van der Waals surface area contributed by atoms with Crippen LogP contribution in [-0.4, -0.2) is 137 Å². The maximum Gasteiger partial charge on any atom is 0.189 e. The second-order valence-corrected chi connectivity index (χ2v) is 10.7. The normalized spacial score (nSPS) is 53.4. The van der Waals surface area contributed by atoms with Crippen molar-refractivity contribution >= 4 is 0 Å². The Labute approximate surface area is 215 Å². The molecule has 0 aromatic heterocycles. The first-order chi connectivity index (χ1) is 17.5. The minimum atomic E-state index is -1.51. The summed E-state index contributed by atoms with van der Waals surface area (Å²) in [7, 11) is 1.59. The summed E-state index contributed by atoms with van der Waals surface area (Å²) < 4.78 is 29.6. The standard InChI is InChI=1S/C22H43N5O10/c1-27-14-18(32)22(7-33-20(14)36-21-16(31)15(30)13(26)12(6-28)34-21)3-2-9(24)19(37-22)35-17-10(25)4-8(23)5-11(17)29/h8-21,27-32H,2-7,23-26H2,1H3/t8-,9?,10?,11-,12?,13-,14?,15?,16?,17-,18?,19+,20?,21-,22?/m1/s1. The number of hydrogen-bond acceptors (Lipinski definition) is 15. The number of nitrogens with one attached hydrogen (secondary N) is 1. The van der Waals surface area contributed by atoms with Gasteiger partial charge in [-0.25, -0.2) is 0 Å². The Morgan fingerprint density at radius 1 is 0.946 bits per heavy atom. The molecule has 3 saturated heterocycles. The molecule has 4 aliphatic rings. The summed E-state index contributed by atoms with van der Waals surface area (Å²) >= 11 is 0. The minimum Gasteiger partial charge on any atom is -0.394 e. The molecule has 15 atom stereocenters. The molecule has 4 rings (SSSR count). The maximum atomic E-state index is 11.4. The highest BCUT2D eigenvalue weighted by atomic mass is 16.8. The van der Waals surface area contributed by atoms with Gasteiger partial charge in [-0.2, -0.15) is 0 Å². The van der Waals surface area contributed by atoms with Gasteiger partial charge in [-0.15, -0.1) is 0 Å². The van der Waals surface area contributed by atoms with Gasteiger partial charge in [0.25, 0.3) is 0 Å². The molecule has 0 radical (unpaired) electrons. The van der Waals surface area contributed by atoms with Gasteiger partial charge in [0.05, 0.1) is 37.4 Å². The zero-order valence-electron chi connectivity index (χ0n) is 20.9. The highest BCUT2D eigenvalue weighted by molar-refractivity contribution is 5.04. The number of rotatable bonds is 6. The van der Waals surface area contributed by atoms with E-state index in [-0.39, 0.29) is 12.6 Å². The van der Waals surface area contributed by atoms with E-state index in [0.29, 0.717) is 25.7 Å². The lowest BCUT2D eigenvalue weighted by atomic mass is 9.81. The van der Waals surface area contributed by atoms with Crippen LogP contribution < -0.4 is 28.3 Å². The molecule has 216 valence electrons. The molecule has 4 fully saturated rings. The molecule has 0 amide bonds. The Balaban J connectivity index is 1.44. The van der Waals surface area contributed by atoms with Gasteiger partial charge in [0.1, 0.15) is 36.1 Å². The van der Waals surface area contributed by atoms with Crippen molar-refractivity contribution in [2.24, 2.45) is 22.9 Å². The Morgan fingerprint density at radius 3 is 2.32 bits per heavy atom. The van der Waals surface area contributed by atoms with Crippen LogP contribution in [0, 0.1) is 0 Å². The van der Waals surface area contributed by atoms with Crippen molar-refractivity contribution in [2.75, 3.05) is 20.3 Å². The number of nitrogens with two attached hydrogens (primary N) is 4. The molecule has 0 aromatic carbocycles. The summed E-state index contributed by atoms with van der Waals surface area (Å²) in [6.07, 6.45) is -8.49. The molecule has 9 unspecified atom stereocenters. The van der Waals surface area contributed by atoms with Gasteiger partial charge < -0.3 is 77.5 Å². The molecule has 3 aliphatic heterocycles. The van der Waals surface area contributed by atoms with Gasteiger partial charge in [-0.3, -0.25) is 0 Å². The van der Waals surface area contributed by atoms with Crippen molar-refractivity contribution in [3.05, 3.63) is 0 Å². The van der Waals surface area contributed by atoms with E-state index in [9.17, 15) is 25.5 Å². The molecule has 1 aliphatic carbocycles. The van der Waals surface area contributed by atoms with Crippen LogP contribution in [0.15, 0.2) is 0 Å². The van der Waals surface area contributed by atoms with E-state index in [1.165, 1.54) is 0 Å². The second kappa shape index (κ2) is 11.9. The van der Waals surface area contributed by atoms with Crippen LogP contribution in [0.3, 0.4) is 0 Å². The number of ether oxygens (including phenoxy) is 5. The second-order valence-electron chi connectivity index (χ2n) is 10.7. The number of aliphatic hydroxyl groups excluding tert-OH is 5. The first-order valence-electron chi connectivity index (χ1n) is 12.8. The molecule has 1 saturated carbocycles. The fourth-order valence-electron chi connectivity index (χ4n) is 5.70. The molecular weight excluding hydrogens is 494 g/mol. The zero-order chi connectivity index (χ0) is 27.1. The summed E-state index contributed by atoms with van der Waals surface area (Å²) in [5.74, 6) is 0. The third-order valence-electron chi connectivity index (χ3n) is 8.02. The fourth-order valence-corrected chi connectivity index (χ4v) is 5.70. The monoisotopic (exact) mass is 537 g/mol. The Kier molecular flexibility index (Phi) is 9.43. The van der Waals surface area contributed by atoms with Crippen LogP contribution in [0.4, 0.5) is 0 Å². The van der Waals surface area contributed by atoms with Crippen LogP contribution >= 0.6 is 0 Å². The van der Waals surface area contributed by atoms with Crippen LogP contribution in [-0.2, 0) is 23.7 Å². The Morgan fingerprint density at radius 2 is 1.68 bits per heavy atom. The van der Waals surface area contributed by atoms with Crippen molar-refractivity contribution in [3.63, 3.8) is 0 Å². The van der Waals surface area contributed by atoms with Crippen molar-refractivity contribution in [1.29, 1.82) is 0 Å². The van der Waals surface area contributed by atoms with E-state index in [1.807, 2.05) is 0 Å². The van der Waals surface area contributed by atoms with Gasteiger partial charge in [0.15, 0.2) is 18.9 Å². The van der Waals surface area contributed by atoms with Crippen LogP contribution in [0.5, 0.6) is 0 Å². The van der Waals surface area contributed by atoms with E-state index >= 15 is 0 Å². The lowest BCUT2D eigenvalue weighted by molar-refractivity contribution is -0.372. The van der Waals surface area contributed by atoms with Crippen LogP contribution in [0.2, 0.25) is 0 Å². The number of hydrogen-bond donors (Lipinski definition) is 10. The van der Waals surface area contributed by atoms with Crippen LogP contribution in [0.1, 0.15) is 25.7 Å². The summed E-state index contributed by atoms with van der Waals surface area (Å²) in [4.78, 5) is 0. The Bertz CT molecular complexity index is 745. The molecule has 15 heteroatoms. The summed E-state index contributed by atoms with van der Waals surface area (Å²) in [5, 5.41) is 55.0. The third kappa shape index (κ3) is 5.82. The smallest absolute Gasteiger partial charge is 0.189 e. The summed E-state index contributed by atoms with van der Waals surface area (Å²) in [5.41, 5.74) is 23.0. The molecule has 0 aromatic rings. The molecule has 0 bridgehead atoms. The minimum absolute atomic E-state index is 0.109. The third-order valence-corrected chi connectivity index (χ3v) is 8.02. The largest absolute Gasteiger partial charge is 0.394 e. The number of likely N-dealkylation sites (N-methyl/N-ethyl adjacent to an activating group) is 1. The molecule has 37 heavy (non-hydrogen) atoms. The van der Waals surface area contributed by atoms with Gasteiger partial charge in [0.2, 0.25) is 0 Å². The van der Waals surface area contributed by atoms with E-state index in [4.69, 9.17) is 46.6 Å². The topological polar surface area (TPSA) is 263 Å². The highest BCUT2D eigenvalue weighted by Crippen LogP contribution is 2.39. The van der Waals surface area contributed by atoms with Crippen molar-refractivity contribution in [2.45, 2.75) is 117 Å². The molecule has 3 heterocycles. The van der Waals surface area contributed by atoms with Gasteiger partial charge in [-0.1, -0.05) is 0 Å². The van der Waals surface area contributed by atoms with E-state index in [2.05, 4.69) is 5.32 Å². The van der Waals surface area contributed by atoms with Crippen molar-refractivity contribution in [3.8, 4) is 0 Å². The SMILES string of the molecule is CNC1C(O[C@H]2OC(CO)[C@@H](N)C(O)C2O)OCC2(CCC(N)[C@@H](O[C@@H]3C(N)C[C@@H](N)C[C@H]3O)O2)C1O. The Hall–Kier alpha value is -0.600. The van der Waals surface area contributed by atoms with Gasteiger partial charge >= 0.3 is 0 Å². The van der Waals surface area contributed by atoms with Gasteiger partial charge in [0, 0.05) is 12.1 Å². The average molecular weight is 538 g/mol. The predicted octanol–water partition coefficient (Wildman–Crippen LogP) is -5.53. The highest BCUT2D eigenvalue weighted by Gasteiger charge is 2.56. The molecule has 15 nitrogen and oxygen atoms in total. The maximum absolute atomic E-state index is 11.4. The van der Waals surface area contributed by atoms with Crippen LogP contribution in [0.25, 0.3) is 0 Å². The van der Waals surface area contributed by atoms with Crippen molar-refractivity contribution < 1.29 is 49.2 Å². The zero-order valence-corrected chi connectivity index (χ0v) is 20.9. The van der Waals surface area contributed by atoms with Crippen molar-refractivity contribution in [1.82, 2.24) is 5.32 Å².